The van der Waals surface area contributed by atoms with Crippen LogP contribution in [0.2, 0.25) is 0 Å². The molecule has 6 heteroatoms. The summed E-state index contributed by atoms with van der Waals surface area (Å²) in [5.74, 6) is 0. The lowest BCUT2D eigenvalue weighted by Crippen LogP contribution is -2.34. The van der Waals surface area contributed by atoms with Crippen LogP contribution in [0.4, 0.5) is 18.9 Å². The summed E-state index contributed by atoms with van der Waals surface area (Å²) in [7, 11) is 0. The molecule has 18 heavy (non-hydrogen) atoms. The van der Waals surface area contributed by atoms with Crippen molar-refractivity contribution in [3.8, 4) is 6.07 Å². The van der Waals surface area contributed by atoms with Crippen LogP contribution in [-0.2, 0) is 6.61 Å². The van der Waals surface area contributed by atoms with Crippen molar-refractivity contribution in [2.75, 3.05) is 18.0 Å². The number of benzene rings is 1. The summed E-state index contributed by atoms with van der Waals surface area (Å²) in [6.07, 6.45) is -4.32. The number of nitrogens with zero attached hydrogens (tertiary/aromatic N) is 2. The normalized spacial score (nSPS) is 11.1. The van der Waals surface area contributed by atoms with Crippen LogP contribution in [0, 0.1) is 11.3 Å². The first-order valence-corrected chi connectivity index (χ1v) is 5.37. The number of rotatable bonds is 4. The van der Waals surface area contributed by atoms with Crippen molar-refractivity contribution in [1.82, 2.24) is 0 Å². The highest BCUT2D eigenvalue weighted by Crippen LogP contribution is 2.25. The molecule has 1 aromatic rings. The largest absolute Gasteiger partial charge is 0.405 e. The number of nitriles is 1. The van der Waals surface area contributed by atoms with E-state index in [1.54, 1.807) is 6.92 Å². The van der Waals surface area contributed by atoms with Gasteiger partial charge in [-0.05, 0) is 24.6 Å². The quantitative estimate of drug-likeness (QED) is 0.902. The minimum atomic E-state index is -4.32. The summed E-state index contributed by atoms with van der Waals surface area (Å²) < 4.78 is 37.2. The van der Waals surface area contributed by atoms with Gasteiger partial charge < -0.3 is 10.0 Å². The Balaban J connectivity index is 3.10. The second-order valence-electron chi connectivity index (χ2n) is 3.75. The summed E-state index contributed by atoms with van der Waals surface area (Å²) in [6.45, 7) is 0.385. The van der Waals surface area contributed by atoms with Gasteiger partial charge in [-0.2, -0.15) is 18.4 Å². The van der Waals surface area contributed by atoms with Gasteiger partial charge in [0.25, 0.3) is 0 Å². The fourth-order valence-electron chi connectivity index (χ4n) is 1.63. The predicted octanol–water partition coefficient (Wildman–Crippen LogP) is 2.44. The van der Waals surface area contributed by atoms with Crippen molar-refractivity contribution < 1.29 is 18.3 Å². The number of hydrogen-bond donors (Lipinski definition) is 1. The second-order valence-corrected chi connectivity index (χ2v) is 3.75. The molecule has 0 atom stereocenters. The van der Waals surface area contributed by atoms with Crippen molar-refractivity contribution in [2.45, 2.75) is 19.7 Å². The summed E-state index contributed by atoms with van der Waals surface area (Å²) in [5, 5.41) is 17.9. The second kappa shape index (κ2) is 5.74. The Morgan fingerprint density at radius 1 is 1.39 bits per heavy atom. The van der Waals surface area contributed by atoms with Crippen LogP contribution in [0.3, 0.4) is 0 Å². The van der Waals surface area contributed by atoms with Crippen molar-refractivity contribution in [3.63, 3.8) is 0 Å². The smallest absolute Gasteiger partial charge is 0.392 e. The minimum absolute atomic E-state index is 0.132. The maximum Gasteiger partial charge on any atom is 0.405 e. The summed E-state index contributed by atoms with van der Waals surface area (Å²) in [6, 6.07) is 6.19. The van der Waals surface area contributed by atoms with Crippen molar-refractivity contribution >= 4 is 5.69 Å². The van der Waals surface area contributed by atoms with E-state index in [1.165, 1.54) is 18.2 Å². The molecule has 1 N–H and O–H groups in total. The van der Waals surface area contributed by atoms with Crippen LogP contribution >= 0.6 is 0 Å². The van der Waals surface area contributed by atoms with Crippen LogP contribution in [0.1, 0.15) is 18.1 Å². The highest BCUT2D eigenvalue weighted by molar-refractivity contribution is 5.60. The Kier molecular flexibility index (Phi) is 4.56. The van der Waals surface area contributed by atoms with Crippen LogP contribution < -0.4 is 4.90 Å². The van der Waals surface area contributed by atoms with Gasteiger partial charge in [-0.25, -0.2) is 0 Å². The monoisotopic (exact) mass is 258 g/mol. The van der Waals surface area contributed by atoms with Gasteiger partial charge in [-0.1, -0.05) is 6.07 Å². The van der Waals surface area contributed by atoms with E-state index in [2.05, 4.69) is 0 Å². The van der Waals surface area contributed by atoms with Gasteiger partial charge in [-0.15, -0.1) is 0 Å². The van der Waals surface area contributed by atoms with E-state index in [-0.39, 0.29) is 24.4 Å². The van der Waals surface area contributed by atoms with Gasteiger partial charge in [0.05, 0.1) is 17.9 Å². The molecule has 0 aromatic heterocycles. The van der Waals surface area contributed by atoms with E-state index in [9.17, 15) is 13.2 Å². The average molecular weight is 258 g/mol. The molecule has 1 aromatic carbocycles. The van der Waals surface area contributed by atoms with Gasteiger partial charge >= 0.3 is 6.18 Å². The number of alkyl halides is 3. The van der Waals surface area contributed by atoms with Gasteiger partial charge in [0.1, 0.15) is 12.6 Å². The Bertz CT molecular complexity index is 452. The molecule has 0 saturated heterocycles. The van der Waals surface area contributed by atoms with Crippen LogP contribution in [0.15, 0.2) is 18.2 Å². The molecule has 0 radical (unpaired) electrons. The van der Waals surface area contributed by atoms with E-state index in [4.69, 9.17) is 10.4 Å². The van der Waals surface area contributed by atoms with Gasteiger partial charge in [0.2, 0.25) is 0 Å². The molecule has 0 aliphatic carbocycles. The fraction of sp³-hybridized carbons (Fsp3) is 0.417. The van der Waals surface area contributed by atoms with Crippen molar-refractivity contribution in [3.05, 3.63) is 29.3 Å². The van der Waals surface area contributed by atoms with Crippen LogP contribution in [-0.4, -0.2) is 24.4 Å². The zero-order valence-corrected chi connectivity index (χ0v) is 9.83. The van der Waals surface area contributed by atoms with Gasteiger partial charge in [0, 0.05) is 6.54 Å². The molecule has 0 aliphatic heterocycles. The number of hydrogen-bond acceptors (Lipinski definition) is 3. The molecule has 0 aliphatic rings. The van der Waals surface area contributed by atoms with Crippen LogP contribution in [0.25, 0.3) is 0 Å². The Labute approximate surface area is 103 Å². The van der Waals surface area contributed by atoms with Gasteiger partial charge in [-0.3, -0.25) is 0 Å². The lowest BCUT2D eigenvalue weighted by molar-refractivity contribution is -0.119. The first kappa shape index (κ1) is 14.3. The molecule has 0 unspecified atom stereocenters. The van der Waals surface area contributed by atoms with Crippen molar-refractivity contribution in [2.24, 2.45) is 0 Å². The Hall–Kier alpha value is -1.74. The molecule has 1 rings (SSSR count). The first-order chi connectivity index (χ1) is 8.41. The zero-order chi connectivity index (χ0) is 13.8. The molecular weight excluding hydrogens is 245 g/mol. The molecule has 0 fully saturated rings. The van der Waals surface area contributed by atoms with E-state index in [1.807, 2.05) is 6.07 Å². The Morgan fingerprint density at radius 3 is 2.50 bits per heavy atom. The molecule has 3 nitrogen and oxygen atoms in total. The van der Waals surface area contributed by atoms with E-state index in [0.29, 0.717) is 5.56 Å². The van der Waals surface area contributed by atoms with E-state index < -0.39 is 12.7 Å². The maximum atomic E-state index is 12.4. The number of halogens is 3. The standard InChI is InChI=1S/C12H13F3N2O/c1-2-17(8-12(13,14)15)11-4-3-9(7-18)5-10(11)6-16/h3-5,18H,2,7-8H2,1H3. The number of aliphatic hydroxyl groups excluding tert-OH is 1. The average Bonchev–Trinajstić information content (AvgIpc) is 2.34. The third-order valence-corrected chi connectivity index (χ3v) is 2.46. The topological polar surface area (TPSA) is 47.3 Å². The maximum absolute atomic E-state index is 12.4. The highest BCUT2D eigenvalue weighted by atomic mass is 19.4. The molecule has 0 spiro atoms. The van der Waals surface area contributed by atoms with E-state index in [0.717, 1.165) is 4.90 Å². The lowest BCUT2D eigenvalue weighted by atomic mass is 10.1. The fourth-order valence-corrected chi connectivity index (χ4v) is 1.63. The third kappa shape index (κ3) is 3.64. The summed E-state index contributed by atoms with van der Waals surface area (Å²) >= 11 is 0. The third-order valence-electron chi connectivity index (χ3n) is 2.46. The molecule has 0 bridgehead atoms. The van der Waals surface area contributed by atoms with E-state index >= 15 is 0 Å². The van der Waals surface area contributed by atoms with Crippen LogP contribution in [0.5, 0.6) is 0 Å². The Morgan fingerprint density at radius 2 is 2.06 bits per heavy atom. The molecule has 98 valence electrons. The van der Waals surface area contributed by atoms with Gasteiger partial charge in [0.15, 0.2) is 0 Å². The molecule has 0 heterocycles. The molecular formula is C12H13F3N2O. The van der Waals surface area contributed by atoms with Crippen molar-refractivity contribution in [1.29, 1.82) is 5.26 Å². The molecule has 0 saturated carbocycles. The summed E-state index contributed by atoms with van der Waals surface area (Å²) in [5.41, 5.74) is 0.862. The first-order valence-electron chi connectivity index (χ1n) is 5.37. The molecule has 0 amide bonds. The lowest BCUT2D eigenvalue weighted by Gasteiger charge is -2.25. The highest BCUT2D eigenvalue weighted by Gasteiger charge is 2.31. The zero-order valence-electron chi connectivity index (χ0n) is 9.83. The minimum Gasteiger partial charge on any atom is -0.392 e. The SMILES string of the molecule is CCN(CC(F)(F)F)c1ccc(CO)cc1C#N. The number of aliphatic hydroxyl groups is 1. The predicted molar refractivity (Wildman–Crippen MR) is 61.0 cm³/mol. The summed E-state index contributed by atoms with van der Waals surface area (Å²) in [4.78, 5) is 1.08. The number of anilines is 1.